The maximum absolute atomic E-state index is 12.3. The molecule has 0 unspecified atom stereocenters. The van der Waals surface area contributed by atoms with E-state index in [0.29, 0.717) is 5.56 Å². The molecule has 0 saturated carbocycles. The lowest BCUT2D eigenvalue weighted by Gasteiger charge is -2.18. The van der Waals surface area contributed by atoms with Crippen LogP contribution in [0.4, 0.5) is 0 Å². The van der Waals surface area contributed by atoms with Gasteiger partial charge in [-0.3, -0.25) is 9.69 Å². The van der Waals surface area contributed by atoms with E-state index in [1.165, 1.54) is 19.1 Å². The third-order valence-electron chi connectivity index (χ3n) is 3.05. The van der Waals surface area contributed by atoms with Gasteiger partial charge < -0.3 is 10.2 Å². The van der Waals surface area contributed by atoms with Gasteiger partial charge in [-0.1, -0.05) is 42.2 Å². The Kier molecular flexibility index (Phi) is 4.62. The molecule has 2 rings (SSSR count). The molecular formula is C14H11NO5S2. The Labute approximate surface area is 135 Å². The first kappa shape index (κ1) is 16.2. The highest BCUT2D eigenvalue weighted by Gasteiger charge is 2.38. The lowest BCUT2D eigenvalue weighted by Crippen LogP contribution is -2.41. The average Bonchev–Trinajstić information content (AvgIpc) is 2.73. The summed E-state index contributed by atoms with van der Waals surface area (Å²) in [6.07, 6.45) is 1.41. The van der Waals surface area contributed by atoms with E-state index in [9.17, 15) is 14.4 Å². The van der Waals surface area contributed by atoms with E-state index in [4.69, 9.17) is 22.4 Å². The van der Waals surface area contributed by atoms with Crippen molar-refractivity contribution in [1.29, 1.82) is 0 Å². The highest BCUT2D eigenvalue weighted by molar-refractivity contribution is 8.26. The zero-order valence-electron chi connectivity index (χ0n) is 11.3. The van der Waals surface area contributed by atoms with Crippen molar-refractivity contribution in [3.8, 4) is 0 Å². The van der Waals surface area contributed by atoms with Crippen molar-refractivity contribution in [3.63, 3.8) is 0 Å². The van der Waals surface area contributed by atoms with E-state index >= 15 is 0 Å². The summed E-state index contributed by atoms with van der Waals surface area (Å²) in [7, 11) is 0. The molecule has 8 heteroatoms. The highest BCUT2D eigenvalue weighted by Crippen LogP contribution is 2.34. The number of carbonyl (C=O) groups is 3. The number of rotatable bonds is 4. The smallest absolute Gasteiger partial charge is 0.336 e. The van der Waals surface area contributed by atoms with Crippen molar-refractivity contribution in [1.82, 2.24) is 4.90 Å². The molecule has 1 fully saturated rings. The monoisotopic (exact) mass is 337 g/mol. The van der Waals surface area contributed by atoms with Gasteiger partial charge in [0.2, 0.25) is 0 Å². The first-order valence-corrected chi connectivity index (χ1v) is 7.37. The fraction of sp³-hybridized carbons (Fsp3) is 0.143. The predicted molar refractivity (Wildman–Crippen MR) is 85.5 cm³/mol. The summed E-state index contributed by atoms with van der Waals surface area (Å²) in [4.78, 5) is 35.7. The molecule has 1 saturated heterocycles. The maximum atomic E-state index is 12.3. The molecule has 1 atom stereocenters. The summed E-state index contributed by atoms with van der Waals surface area (Å²) in [5.74, 6) is -2.81. The molecule has 1 amide bonds. The van der Waals surface area contributed by atoms with Crippen LogP contribution in [0.3, 0.4) is 0 Å². The number of aliphatic carboxylic acids is 1. The lowest BCUT2D eigenvalue weighted by molar-refractivity contribution is -0.144. The molecule has 6 nitrogen and oxygen atoms in total. The average molecular weight is 337 g/mol. The SMILES string of the molecule is C[C@H](C(=O)O)N1C(=O)C(=Cc2ccccc2C(=O)O)SC1=S. The Bertz CT molecular complexity index is 713. The molecule has 1 aliphatic rings. The normalized spacial score (nSPS) is 17.9. The van der Waals surface area contributed by atoms with Crippen LogP contribution in [-0.4, -0.2) is 43.3 Å². The zero-order valence-corrected chi connectivity index (χ0v) is 13.0. The second kappa shape index (κ2) is 6.29. The third kappa shape index (κ3) is 3.02. The van der Waals surface area contributed by atoms with Crippen molar-refractivity contribution in [2.24, 2.45) is 0 Å². The standard InChI is InChI=1S/C14H11NO5S2/c1-7(12(17)18)15-11(16)10(22-14(15)21)6-8-4-2-3-5-9(8)13(19)20/h2-7H,1H3,(H,17,18)(H,19,20)/t7-/m1/s1. The van der Waals surface area contributed by atoms with Crippen molar-refractivity contribution in [3.05, 3.63) is 40.3 Å². The van der Waals surface area contributed by atoms with Crippen LogP contribution in [0.15, 0.2) is 29.2 Å². The minimum atomic E-state index is -1.16. The van der Waals surface area contributed by atoms with Gasteiger partial charge in [0.15, 0.2) is 0 Å². The van der Waals surface area contributed by atoms with Gasteiger partial charge >= 0.3 is 11.9 Å². The first-order valence-electron chi connectivity index (χ1n) is 6.15. The van der Waals surface area contributed by atoms with Gasteiger partial charge in [0.1, 0.15) is 10.4 Å². The molecule has 1 aromatic rings. The second-order valence-corrected chi connectivity index (χ2v) is 6.13. The Hall–Kier alpha value is -2.19. The molecule has 114 valence electrons. The summed E-state index contributed by atoms with van der Waals surface area (Å²) in [5.41, 5.74) is 0.414. The van der Waals surface area contributed by atoms with E-state index in [2.05, 4.69) is 0 Å². The van der Waals surface area contributed by atoms with Gasteiger partial charge in [-0.25, -0.2) is 9.59 Å². The van der Waals surface area contributed by atoms with E-state index in [-0.39, 0.29) is 14.8 Å². The topological polar surface area (TPSA) is 94.9 Å². The molecule has 1 aromatic carbocycles. The Morgan fingerprint density at radius 3 is 2.55 bits per heavy atom. The summed E-state index contributed by atoms with van der Waals surface area (Å²) in [6.45, 7) is 1.36. The number of hydrogen-bond acceptors (Lipinski definition) is 5. The van der Waals surface area contributed by atoms with Crippen LogP contribution >= 0.6 is 24.0 Å². The van der Waals surface area contributed by atoms with Gasteiger partial charge in [0, 0.05) is 0 Å². The lowest BCUT2D eigenvalue weighted by atomic mass is 10.1. The molecule has 0 bridgehead atoms. The maximum Gasteiger partial charge on any atom is 0.336 e. The van der Waals surface area contributed by atoms with E-state index in [1.54, 1.807) is 18.2 Å². The summed E-state index contributed by atoms with van der Waals surface area (Å²) in [6, 6.07) is 5.15. The van der Waals surface area contributed by atoms with Gasteiger partial charge in [-0.15, -0.1) is 0 Å². The van der Waals surface area contributed by atoms with Gasteiger partial charge in [-0.05, 0) is 24.6 Å². The van der Waals surface area contributed by atoms with E-state index in [0.717, 1.165) is 16.7 Å². The number of carboxylic acids is 2. The first-order chi connectivity index (χ1) is 10.3. The van der Waals surface area contributed by atoms with Gasteiger partial charge in [0.05, 0.1) is 10.5 Å². The number of benzene rings is 1. The number of thioether (sulfide) groups is 1. The number of hydrogen-bond donors (Lipinski definition) is 2. The van der Waals surface area contributed by atoms with E-state index in [1.807, 2.05) is 0 Å². The number of aromatic carboxylic acids is 1. The summed E-state index contributed by atoms with van der Waals surface area (Å²) >= 11 is 5.99. The van der Waals surface area contributed by atoms with E-state index < -0.39 is 23.9 Å². The molecule has 0 radical (unpaired) electrons. The van der Waals surface area contributed by atoms with Crippen molar-refractivity contribution in [2.45, 2.75) is 13.0 Å². The van der Waals surface area contributed by atoms with Crippen LogP contribution in [0.1, 0.15) is 22.8 Å². The molecule has 1 aliphatic heterocycles. The van der Waals surface area contributed by atoms with Crippen molar-refractivity contribution in [2.75, 3.05) is 0 Å². The number of thiocarbonyl (C=S) groups is 1. The number of carboxylic acid groups (broad SMARTS) is 2. The molecular weight excluding hydrogens is 326 g/mol. The minimum absolute atomic E-state index is 0.0547. The second-order valence-electron chi connectivity index (χ2n) is 4.46. The zero-order chi connectivity index (χ0) is 16.4. The Balaban J connectivity index is 2.39. The van der Waals surface area contributed by atoms with Crippen LogP contribution in [0.25, 0.3) is 6.08 Å². The number of nitrogens with zero attached hydrogens (tertiary/aromatic N) is 1. The third-order valence-corrected chi connectivity index (χ3v) is 4.38. The predicted octanol–water partition coefficient (Wildman–Crippen LogP) is 2.06. The summed E-state index contributed by atoms with van der Waals surface area (Å²) < 4.78 is 0.138. The fourth-order valence-electron chi connectivity index (χ4n) is 1.88. The Morgan fingerprint density at radius 1 is 1.32 bits per heavy atom. The molecule has 2 N–H and O–H groups in total. The van der Waals surface area contributed by atoms with Crippen LogP contribution in [0.5, 0.6) is 0 Å². The number of amides is 1. The number of carbonyl (C=O) groups excluding carboxylic acids is 1. The van der Waals surface area contributed by atoms with Crippen LogP contribution in [-0.2, 0) is 9.59 Å². The van der Waals surface area contributed by atoms with Gasteiger partial charge in [0.25, 0.3) is 5.91 Å². The van der Waals surface area contributed by atoms with Crippen molar-refractivity contribution >= 4 is 52.2 Å². The van der Waals surface area contributed by atoms with Crippen LogP contribution in [0, 0.1) is 0 Å². The Morgan fingerprint density at radius 2 is 1.95 bits per heavy atom. The molecule has 0 aromatic heterocycles. The minimum Gasteiger partial charge on any atom is -0.480 e. The fourth-order valence-corrected chi connectivity index (χ4v) is 3.29. The molecule has 1 heterocycles. The van der Waals surface area contributed by atoms with Crippen molar-refractivity contribution < 1.29 is 24.6 Å². The largest absolute Gasteiger partial charge is 0.480 e. The van der Waals surface area contributed by atoms with Gasteiger partial charge in [-0.2, -0.15) is 0 Å². The highest BCUT2D eigenvalue weighted by atomic mass is 32.2. The quantitative estimate of drug-likeness (QED) is 0.641. The summed E-state index contributed by atoms with van der Waals surface area (Å²) in [5, 5.41) is 18.1. The van der Waals surface area contributed by atoms with Crippen LogP contribution < -0.4 is 0 Å². The molecule has 22 heavy (non-hydrogen) atoms. The van der Waals surface area contributed by atoms with Crippen LogP contribution in [0.2, 0.25) is 0 Å². The molecule has 0 aliphatic carbocycles. The molecule has 0 spiro atoms.